The van der Waals surface area contributed by atoms with E-state index in [2.05, 4.69) is 11.0 Å². The fraction of sp³-hybridized carbons (Fsp3) is 0.480. The molecule has 158 valence electrons. The van der Waals surface area contributed by atoms with E-state index in [4.69, 9.17) is 27.9 Å². The quantitative estimate of drug-likeness (QED) is 0.497. The Balaban J connectivity index is 1.49. The van der Waals surface area contributed by atoms with E-state index in [0.717, 1.165) is 30.8 Å². The summed E-state index contributed by atoms with van der Waals surface area (Å²) in [6.07, 6.45) is 7.70. The van der Waals surface area contributed by atoms with Gasteiger partial charge >= 0.3 is 5.97 Å². The molecule has 2 aromatic rings. The van der Waals surface area contributed by atoms with Crippen molar-refractivity contribution in [2.75, 3.05) is 6.54 Å². The standard InChI is InChI=1S/C25H27Cl2NO2/c26-18-13-17-11-12-28-21-10-6-2-5-9-19(21)23(15-22(28)24(17)20(27)14-18)30-25(29)16-7-3-1-4-8-16/h1,3-4,7-8,13-14,19,21-23H,2,5-6,9-12,15H2. The van der Waals surface area contributed by atoms with Gasteiger partial charge < -0.3 is 4.74 Å². The molecule has 4 unspecified atom stereocenters. The van der Waals surface area contributed by atoms with E-state index in [1.165, 1.54) is 36.8 Å². The predicted molar refractivity (Wildman–Crippen MR) is 120 cm³/mol. The number of piperidine rings is 1. The minimum atomic E-state index is -0.213. The first-order valence-corrected chi connectivity index (χ1v) is 11.9. The van der Waals surface area contributed by atoms with Gasteiger partial charge in [0.05, 0.1) is 5.56 Å². The third kappa shape index (κ3) is 3.77. The van der Waals surface area contributed by atoms with Gasteiger partial charge in [-0.25, -0.2) is 4.79 Å². The second-order valence-corrected chi connectivity index (χ2v) is 9.72. The molecule has 1 aliphatic carbocycles. The van der Waals surface area contributed by atoms with Crippen molar-refractivity contribution in [2.24, 2.45) is 5.92 Å². The van der Waals surface area contributed by atoms with Gasteiger partial charge in [-0.3, -0.25) is 4.90 Å². The maximum Gasteiger partial charge on any atom is 0.338 e. The van der Waals surface area contributed by atoms with Crippen molar-refractivity contribution in [1.82, 2.24) is 4.90 Å². The van der Waals surface area contributed by atoms with Crippen LogP contribution in [0.2, 0.25) is 10.0 Å². The van der Waals surface area contributed by atoms with Crippen molar-refractivity contribution in [2.45, 2.75) is 63.1 Å². The summed E-state index contributed by atoms with van der Waals surface area (Å²) in [4.78, 5) is 15.6. The smallest absolute Gasteiger partial charge is 0.338 e. The third-order valence-corrected chi connectivity index (χ3v) is 7.74. The van der Waals surface area contributed by atoms with Gasteiger partial charge in [-0.15, -0.1) is 0 Å². The molecule has 0 bridgehead atoms. The molecule has 0 radical (unpaired) electrons. The SMILES string of the molecule is O=C(OC1CC2c3c(Cl)cc(Cl)cc3CCN2C2CCCCCC12)c1ccccc1. The molecule has 0 amide bonds. The Hall–Kier alpha value is -1.55. The van der Waals surface area contributed by atoms with Crippen LogP contribution in [0.3, 0.4) is 0 Å². The number of hydrogen-bond donors (Lipinski definition) is 0. The van der Waals surface area contributed by atoms with E-state index in [-0.39, 0.29) is 18.1 Å². The number of esters is 1. The Morgan fingerprint density at radius 1 is 1.03 bits per heavy atom. The van der Waals surface area contributed by atoms with E-state index in [0.29, 0.717) is 22.5 Å². The number of nitrogens with zero attached hydrogens (tertiary/aromatic N) is 1. The highest BCUT2D eigenvalue weighted by molar-refractivity contribution is 6.35. The first kappa shape index (κ1) is 20.4. The third-order valence-electron chi connectivity index (χ3n) is 7.21. The van der Waals surface area contributed by atoms with Crippen LogP contribution in [0.15, 0.2) is 42.5 Å². The van der Waals surface area contributed by atoms with Crippen molar-refractivity contribution in [3.8, 4) is 0 Å². The summed E-state index contributed by atoms with van der Waals surface area (Å²) in [6.45, 7) is 1.02. The number of carbonyl (C=O) groups excluding carboxylic acids is 1. The summed E-state index contributed by atoms with van der Waals surface area (Å²) < 4.78 is 6.20. The van der Waals surface area contributed by atoms with Gasteiger partial charge in [0, 0.05) is 41.0 Å². The van der Waals surface area contributed by atoms with Crippen LogP contribution in [0.4, 0.5) is 0 Å². The molecule has 3 nitrogen and oxygen atoms in total. The van der Waals surface area contributed by atoms with Crippen molar-refractivity contribution in [1.29, 1.82) is 0 Å². The average molecular weight is 444 g/mol. The van der Waals surface area contributed by atoms with Gasteiger partial charge in [-0.1, -0.05) is 60.7 Å². The zero-order valence-electron chi connectivity index (χ0n) is 17.0. The summed E-state index contributed by atoms with van der Waals surface area (Å²) in [6, 6.07) is 13.9. The van der Waals surface area contributed by atoms with Crippen LogP contribution >= 0.6 is 23.2 Å². The van der Waals surface area contributed by atoms with Gasteiger partial charge in [0.2, 0.25) is 0 Å². The maximum absolute atomic E-state index is 12.9. The molecular formula is C25H27Cl2NO2. The fourth-order valence-corrected chi connectivity index (χ4v) is 6.57. The van der Waals surface area contributed by atoms with Crippen LogP contribution < -0.4 is 0 Å². The molecule has 0 spiro atoms. The lowest BCUT2D eigenvalue weighted by molar-refractivity contribution is -0.0698. The van der Waals surface area contributed by atoms with Crippen molar-refractivity contribution in [3.63, 3.8) is 0 Å². The summed E-state index contributed by atoms with van der Waals surface area (Å²) in [5.41, 5.74) is 3.06. The van der Waals surface area contributed by atoms with Gasteiger partial charge in [-0.05, 0) is 54.7 Å². The first-order valence-electron chi connectivity index (χ1n) is 11.1. The minimum Gasteiger partial charge on any atom is -0.458 e. The minimum absolute atomic E-state index is 0.0836. The summed E-state index contributed by atoms with van der Waals surface area (Å²) in [5.74, 6) is 0.180. The Bertz CT molecular complexity index is 932. The number of carbonyl (C=O) groups is 1. The van der Waals surface area contributed by atoms with Crippen LogP contribution in [0.5, 0.6) is 0 Å². The summed E-state index contributed by atoms with van der Waals surface area (Å²) in [7, 11) is 0. The van der Waals surface area contributed by atoms with Gasteiger partial charge in [0.25, 0.3) is 0 Å². The summed E-state index contributed by atoms with van der Waals surface area (Å²) >= 11 is 13.0. The highest BCUT2D eigenvalue weighted by atomic mass is 35.5. The predicted octanol–water partition coefficient (Wildman–Crippen LogP) is 6.47. The van der Waals surface area contributed by atoms with Gasteiger partial charge in [0.15, 0.2) is 0 Å². The molecule has 2 aliphatic heterocycles. The van der Waals surface area contributed by atoms with Crippen molar-refractivity contribution >= 4 is 29.2 Å². The topological polar surface area (TPSA) is 29.5 Å². The number of fused-ring (bicyclic) bond motifs is 5. The lowest BCUT2D eigenvalue weighted by Crippen LogP contribution is -2.55. The zero-order valence-corrected chi connectivity index (χ0v) is 18.5. The Kier molecular flexibility index (Phi) is 5.79. The number of ether oxygens (including phenoxy) is 1. The zero-order chi connectivity index (χ0) is 20.7. The molecular weight excluding hydrogens is 417 g/mol. The highest BCUT2D eigenvalue weighted by Gasteiger charge is 2.47. The van der Waals surface area contributed by atoms with Crippen molar-refractivity contribution in [3.05, 3.63) is 69.2 Å². The molecule has 2 aromatic carbocycles. The van der Waals surface area contributed by atoms with Gasteiger partial charge in [0.1, 0.15) is 6.10 Å². The second-order valence-electron chi connectivity index (χ2n) is 8.88. The van der Waals surface area contributed by atoms with Gasteiger partial charge in [-0.2, -0.15) is 0 Å². The van der Waals surface area contributed by atoms with Crippen molar-refractivity contribution < 1.29 is 9.53 Å². The average Bonchev–Trinajstić information content (AvgIpc) is 3.00. The normalized spacial score (nSPS) is 28.6. The highest BCUT2D eigenvalue weighted by Crippen LogP contribution is 2.48. The number of rotatable bonds is 2. The molecule has 30 heavy (non-hydrogen) atoms. The molecule has 0 aromatic heterocycles. The Morgan fingerprint density at radius 2 is 1.83 bits per heavy atom. The van der Waals surface area contributed by atoms with Crippen LogP contribution in [-0.4, -0.2) is 29.6 Å². The fourth-order valence-electron chi connectivity index (χ4n) is 5.91. The number of halogens is 2. The lowest BCUT2D eigenvalue weighted by Gasteiger charge is -2.52. The van der Waals surface area contributed by atoms with E-state index in [9.17, 15) is 4.79 Å². The molecule has 4 atom stereocenters. The number of benzene rings is 2. The second kappa shape index (κ2) is 8.53. The molecule has 3 aliphatic rings. The molecule has 1 saturated heterocycles. The Labute approximate surface area is 188 Å². The Morgan fingerprint density at radius 3 is 2.67 bits per heavy atom. The first-order chi connectivity index (χ1) is 14.6. The van der Waals surface area contributed by atoms with E-state index >= 15 is 0 Å². The van der Waals surface area contributed by atoms with E-state index < -0.39 is 0 Å². The summed E-state index contributed by atoms with van der Waals surface area (Å²) in [5, 5.41) is 1.44. The largest absolute Gasteiger partial charge is 0.458 e. The number of hydrogen-bond acceptors (Lipinski definition) is 3. The van der Waals surface area contributed by atoms with Crippen LogP contribution in [-0.2, 0) is 11.2 Å². The lowest BCUT2D eigenvalue weighted by atomic mass is 9.75. The van der Waals surface area contributed by atoms with Crippen LogP contribution in [0.1, 0.15) is 66.1 Å². The monoisotopic (exact) mass is 443 g/mol. The molecule has 2 fully saturated rings. The van der Waals surface area contributed by atoms with E-state index in [1.54, 1.807) is 0 Å². The maximum atomic E-state index is 12.9. The van der Waals surface area contributed by atoms with E-state index in [1.807, 2.05) is 36.4 Å². The molecule has 5 heteroatoms. The molecule has 2 heterocycles. The van der Waals surface area contributed by atoms with Crippen LogP contribution in [0, 0.1) is 5.92 Å². The molecule has 5 rings (SSSR count). The molecule has 1 saturated carbocycles. The molecule has 0 N–H and O–H groups in total. The van der Waals surface area contributed by atoms with Crippen LogP contribution in [0.25, 0.3) is 0 Å².